The van der Waals surface area contributed by atoms with Crippen LogP contribution in [0.25, 0.3) is 10.1 Å². The fourth-order valence-electron chi connectivity index (χ4n) is 1.70. The first-order chi connectivity index (χ1) is 8.70. The molecule has 1 aromatic heterocycles. The average molecular weight is 264 g/mol. The van der Waals surface area contributed by atoms with Crippen LogP contribution in [0, 0.1) is 0 Å². The highest BCUT2D eigenvalue weighted by molar-refractivity contribution is 7.19. The van der Waals surface area contributed by atoms with E-state index in [0.29, 0.717) is 13.0 Å². The zero-order chi connectivity index (χ0) is 13.0. The van der Waals surface area contributed by atoms with Gasteiger partial charge in [-0.15, -0.1) is 11.3 Å². The van der Waals surface area contributed by atoms with Crippen molar-refractivity contribution in [3.63, 3.8) is 0 Å². The van der Waals surface area contributed by atoms with E-state index in [2.05, 4.69) is 5.32 Å². The standard InChI is InChI=1S/C13H16N2O2S/c14-6-5-13(17)15-8-10(16)12-7-9-3-1-2-4-11(9)18-12/h1-4,7,10,16H,5-6,8,14H2,(H,15,17). The Morgan fingerprint density at radius 3 is 2.94 bits per heavy atom. The average Bonchev–Trinajstić information content (AvgIpc) is 2.80. The minimum atomic E-state index is -0.663. The lowest BCUT2D eigenvalue weighted by molar-refractivity contribution is -0.121. The van der Waals surface area contributed by atoms with E-state index in [4.69, 9.17) is 5.73 Å². The van der Waals surface area contributed by atoms with Gasteiger partial charge >= 0.3 is 0 Å². The van der Waals surface area contributed by atoms with Gasteiger partial charge in [-0.3, -0.25) is 4.79 Å². The van der Waals surface area contributed by atoms with Crippen LogP contribution in [0.2, 0.25) is 0 Å². The van der Waals surface area contributed by atoms with Gasteiger partial charge in [-0.2, -0.15) is 0 Å². The van der Waals surface area contributed by atoms with Crippen molar-refractivity contribution in [1.82, 2.24) is 5.32 Å². The Morgan fingerprint density at radius 1 is 1.44 bits per heavy atom. The molecule has 1 heterocycles. The number of hydrogen-bond acceptors (Lipinski definition) is 4. The fourth-order valence-corrected chi connectivity index (χ4v) is 2.75. The fraction of sp³-hybridized carbons (Fsp3) is 0.308. The van der Waals surface area contributed by atoms with Crippen molar-refractivity contribution in [3.8, 4) is 0 Å². The van der Waals surface area contributed by atoms with Crippen LogP contribution < -0.4 is 11.1 Å². The third-order valence-corrected chi connectivity index (χ3v) is 3.85. The van der Waals surface area contributed by atoms with E-state index in [1.54, 1.807) is 11.3 Å². The predicted octanol–water partition coefficient (Wildman–Crippen LogP) is 1.40. The molecule has 5 heteroatoms. The van der Waals surface area contributed by atoms with Gasteiger partial charge in [0.25, 0.3) is 0 Å². The molecule has 2 rings (SSSR count). The number of rotatable bonds is 5. The molecule has 0 spiro atoms. The Bertz CT molecular complexity index is 506. The minimum absolute atomic E-state index is 0.127. The van der Waals surface area contributed by atoms with Crippen molar-refractivity contribution in [2.24, 2.45) is 5.73 Å². The summed E-state index contributed by atoms with van der Waals surface area (Å²) in [5, 5.41) is 13.8. The summed E-state index contributed by atoms with van der Waals surface area (Å²) in [7, 11) is 0. The number of benzene rings is 1. The summed E-state index contributed by atoms with van der Waals surface area (Å²) in [4.78, 5) is 12.1. The lowest BCUT2D eigenvalue weighted by Crippen LogP contribution is -2.29. The molecule has 18 heavy (non-hydrogen) atoms. The van der Waals surface area contributed by atoms with Gasteiger partial charge in [-0.25, -0.2) is 0 Å². The second-order valence-corrected chi connectivity index (χ2v) is 5.16. The van der Waals surface area contributed by atoms with E-state index in [1.807, 2.05) is 30.3 Å². The number of amides is 1. The van der Waals surface area contributed by atoms with Gasteiger partial charge in [0.05, 0.1) is 0 Å². The Labute approximate surface area is 109 Å². The second-order valence-electron chi connectivity index (χ2n) is 4.05. The van der Waals surface area contributed by atoms with Crippen LogP contribution in [0.3, 0.4) is 0 Å². The van der Waals surface area contributed by atoms with Crippen LogP contribution in [-0.2, 0) is 4.79 Å². The van der Waals surface area contributed by atoms with Crippen molar-refractivity contribution in [2.45, 2.75) is 12.5 Å². The molecule has 0 radical (unpaired) electrons. The van der Waals surface area contributed by atoms with Crippen LogP contribution >= 0.6 is 11.3 Å². The quantitative estimate of drug-likeness (QED) is 0.764. The predicted molar refractivity (Wildman–Crippen MR) is 73.5 cm³/mol. The molecule has 0 fully saturated rings. The number of hydrogen-bond donors (Lipinski definition) is 3. The molecule has 96 valence electrons. The highest BCUT2D eigenvalue weighted by atomic mass is 32.1. The maximum atomic E-state index is 11.3. The molecule has 0 saturated heterocycles. The van der Waals surface area contributed by atoms with E-state index < -0.39 is 6.10 Å². The Kier molecular flexibility index (Phi) is 4.30. The molecule has 1 unspecified atom stereocenters. The van der Waals surface area contributed by atoms with E-state index in [9.17, 15) is 9.90 Å². The van der Waals surface area contributed by atoms with Gasteiger partial charge in [0, 0.05) is 29.1 Å². The topological polar surface area (TPSA) is 75.4 Å². The molecule has 0 aliphatic heterocycles. The van der Waals surface area contributed by atoms with E-state index in [1.165, 1.54) is 0 Å². The van der Waals surface area contributed by atoms with E-state index in [-0.39, 0.29) is 12.5 Å². The molecular weight excluding hydrogens is 248 g/mol. The number of nitrogens with one attached hydrogen (secondary N) is 1. The van der Waals surface area contributed by atoms with Gasteiger partial charge < -0.3 is 16.2 Å². The van der Waals surface area contributed by atoms with Crippen molar-refractivity contribution in [2.75, 3.05) is 13.1 Å². The maximum Gasteiger partial charge on any atom is 0.221 e. The number of carbonyl (C=O) groups excluding carboxylic acids is 1. The van der Waals surface area contributed by atoms with Crippen molar-refractivity contribution in [3.05, 3.63) is 35.2 Å². The van der Waals surface area contributed by atoms with E-state index in [0.717, 1.165) is 15.0 Å². The van der Waals surface area contributed by atoms with Crippen molar-refractivity contribution < 1.29 is 9.90 Å². The summed E-state index contributed by atoms with van der Waals surface area (Å²) in [5.74, 6) is -0.127. The highest BCUT2D eigenvalue weighted by Crippen LogP contribution is 2.29. The van der Waals surface area contributed by atoms with Crippen LogP contribution in [0.1, 0.15) is 17.4 Å². The van der Waals surface area contributed by atoms with Gasteiger partial charge in [-0.1, -0.05) is 18.2 Å². The SMILES string of the molecule is NCCC(=O)NCC(O)c1cc2ccccc2s1. The summed E-state index contributed by atoms with van der Waals surface area (Å²) in [6.45, 7) is 0.552. The molecule has 4 N–H and O–H groups in total. The third kappa shape index (κ3) is 3.07. The molecule has 2 aromatic rings. The summed E-state index contributed by atoms with van der Waals surface area (Å²) in [5.41, 5.74) is 5.28. The molecule has 1 amide bonds. The Hall–Kier alpha value is -1.43. The Morgan fingerprint density at radius 2 is 2.22 bits per heavy atom. The van der Waals surface area contributed by atoms with Crippen LogP contribution in [0.5, 0.6) is 0 Å². The molecule has 0 aliphatic carbocycles. The summed E-state index contributed by atoms with van der Waals surface area (Å²) >= 11 is 1.54. The highest BCUT2D eigenvalue weighted by Gasteiger charge is 2.12. The summed E-state index contributed by atoms with van der Waals surface area (Å²) in [6.07, 6.45) is -0.372. The van der Waals surface area contributed by atoms with Crippen LogP contribution in [0.4, 0.5) is 0 Å². The van der Waals surface area contributed by atoms with Gasteiger partial charge in [0.1, 0.15) is 6.10 Å². The molecule has 0 aliphatic rings. The molecule has 0 bridgehead atoms. The Balaban J connectivity index is 2.00. The number of aliphatic hydroxyl groups is 1. The number of fused-ring (bicyclic) bond motifs is 1. The second kappa shape index (κ2) is 5.95. The normalized spacial score (nSPS) is 12.6. The number of thiophene rings is 1. The molecule has 1 aromatic carbocycles. The molecule has 1 atom stereocenters. The molecule has 0 saturated carbocycles. The van der Waals surface area contributed by atoms with Crippen molar-refractivity contribution >= 4 is 27.3 Å². The monoisotopic (exact) mass is 264 g/mol. The van der Waals surface area contributed by atoms with Gasteiger partial charge in [0.15, 0.2) is 0 Å². The first kappa shape index (κ1) is 13.0. The molecule has 4 nitrogen and oxygen atoms in total. The first-order valence-electron chi connectivity index (χ1n) is 5.84. The zero-order valence-electron chi connectivity index (χ0n) is 9.93. The maximum absolute atomic E-state index is 11.3. The van der Waals surface area contributed by atoms with Crippen molar-refractivity contribution in [1.29, 1.82) is 0 Å². The lowest BCUT2D eigenvalue weighted by atomic mass is 10.2. The zero-order valence-corrected chi connectivity index (χ0v) is 10.7. The summed E-state index contributed by atoms with van der Waals surface area (Å²) in [6, 6.07) is 9.92. The summed E-state index contributed by atoms with van der Waals surface area (Å²) < 4.78 is 1.14. The first-order valence-corrected chi connectivity index (χ1v) is 6.65. The van der Waals surface area contributed by atoms with Gasteiger partial charge in [0.2, 0.25) is 5.91 Å². The van der Waals surface area contributed by atoms with Crippen LogP contribution in [0.15, 0.2) is 30.3 Å². The van der Waals surface area contributed by atoms with Crippen LogP contribution in [-0.4, -0.2) is 24.1 Å². The molecular formula is C13H16N2O2S. The largest absolute Gasteiger partial charge is 0.386 e. The number of carbonyl (C=O) groups is 1. The smallest absolute Gasteiger partial charge is 0.221 e. The third-order valence-electron chi connectivity index (χ3n) is 2.64. The minimum Gasteiger partial charge on any atom is -0.386 e. The number of aliphatic hydroxyl groups excluding tert-OH is 1. The van der Waals surface area contributed by atoms with E-state index >= 15 is 0 Å². The number of nitrogens with two attached hydrogens (primary N) is 1. The lowest BCUT2D eigenvalue weighted by Gasteiger charge is -2.09. The van der Waals surface area contributed by atoms with Gasteiger partial charge in [-0.05, 0) is 17.5 Å².